The van der Waals surface area contributed by atoms with Gasteiger partial charge in [-0.15, -0.1) is 0 Å². The Labute approximate surface area is 165 Å². The summed E-state index contributed by atoms with van der Waals surface area (Å²) in [5.41, 5.74) is 2.41. The van der Waals surface area contributed by atoms with E-state index in [4.69, 9.17) is 23.2 Å². The molecule has 0 aliphatic carbocycles. The second-order valence-electron chi connectivity index (χ2n) is 5.72. The van der Waals surface area contributed by atoms with E-state index >= 15 is 0 Å². The number of rotatable bonds is 4. The minimum absolute atomic E-state index is 0.411. The molecule has 27 heavy (non-hydrogen) atoms. The zero-order valence-corrected chi connectivity index (χ0v) is 15.6. The van der Waals surface area contributed by atoms with Gasteiger partial charge in [-0.1, -0.05) is 23.2 Å². The van der Waals surface area contributed by atoms with Crippen molar-refractivity contribution in [3.05, 3.63) is 71.0 Å². The molecular formula is C18H13Cl2N7. The lowest BCUT2D eigenvalue weighted by Gasteiger charge is -2.07. The van der Waals surface area contributed by atoms with Crippen LogP contribution in [0.5, 0.6) is 0 Å². The maximum Gasteiger partial charge on any atom is 0.172 e. The molecule has 9 heteroatoms. The molecule has 0 amide bonds. The molecule has 0 unspecified atom stereocenters. The molecule has 134 valence electrons. The van der Waals surface area contributed by atoms with Crippen LogP contribution in [0.3, 0.4) is 0 Å². The van der Waals surface area contributed by atoms with Gasteiger partial charge in [-0.05, 0) is 25.1 Å². The van der Waals surface area contributed by atoms with E-state index in [2.05, 4.69) is 30.4 Å². The molecule has 7 nitrogen and oxygen atoms in total. The van der Waals surface area contributed by atoms with Crippen molar-refractivity contribution in [2.45, 2.75) is 6.92 Å². The Hall–Kier alpha value is -3.03. The fourth-order valence-corrected chi connectivity index (χ4v) is 2.95. The maximum absolute atomic E-state index is 6.19. The van der Waals surface area contributed by atoms with E-state index < -0.39 is 0 Å². The SMILES string of the molecule is Cc1cc(Nc2cnn(-c3ncc(Cl)cc3Cl)c2)nc(-c2cccnc2)n1. The molecule has 0 atom stereocenters. The molecule has 0 fully saturated rings. The van der Waals surface area contributed by atoms with Crippen molar-refractivity contribution in [3.63, 3.8) is 0 Å². The first-order chi connectivity index (χ1) is 13.1. The highest BCUT2D eigenvalue weighted by Crippen LogP contribution is 2.24. The third kappa shape index (κ3) is 3.89. The van der Waals surface area contributed by atoms with Gasteiger partial charge in [0.1, 0.15) is 5.82 Å². The van der Waals surface area contributed by atoms with Gasteiger partial charge in [-0.3, -0.25) is 4.98 Å². The summed E-state index contributed by atoms with van der Waals surface area (Å²) in [7, 11) is 0. The first kappa shape index (κ1) is 17.4. The molecule has 0 aliphatic rings. The number of nitrogens with one attached hydrogen (secondary N) is 1. The minimum Gasteiger partial charge on any atom is -0.338 e. The van der Waals surface area contributed by atoms with E-state index in [1.165, 1.54) is 6.20 Å². The van der Waals surface area contributed by atoms with Gasteiger partial charge in [0, 0.05) is 35.9 Å². The van der Waals surface area contributed by atoms with Crippen LogP contribution in [0.15, 0.2) is 55.2 Å². The minimum atomic E-state index is 0.411. The molecular weight excluding hydrogens is 385 g/mol. The predicted octanol–water partition coefficient (Wildman–Crippen LogP) is 4.48. The maximum atomic E-state index is 6.19. The van der Waals surface area contributed by atoms with Crippen molar-refractivity contribution in [1.82, 2.24) is 29.7 Å². The molecule has 4 heterocycles. The average Bonchev–Trinajstić information content (AvgIpc) is 3.10. The topological polar surface area (TPSA) is 81.4 Å². The summed E-state index contributed by atoms with van der Waals surface area (Å²) in [4.78, 5) is 17.3. The summed E-state index contributed by atoms with van der Waals surface area (Å²) in [5.74, 6) is 1.74. The fraction of sp³-hybridized carbons (Fsp3) is 0.0556. The van der Waals surface area contributed by atoms with Crippen LogP contribution in [-0.4, -0.2) is 29.7 Å². The summed E-state index contributed by atoms with van der Waals surface area (Å²) < 4.78 is 1.57. The average molecular weight is 398 g/mol. The van der Waals surface area contributed by atoms with Gasteiger partial charge in [0.2, 0.25) is 0 Å². The second-order valence-corrected chi connectivity index (χ2v) is 6.56. The van der Waals surface area contributed by atoms with Crippen LogP contribution in [-0.2, 0) is 0 Å². The third-order valence-electron chi connectivity index (χ3n) is 3.63. The number of hydrogen-bond donors (Lipinski definition) is 1. The van der Waals surface area contributed by atoms with Crippen molar-refractivity contribution < 1.29 is 0 Å². The van der Waals surface area contributed by atoms with Gasteiger partial charge < -0.3 is 5.32 Å². The third-order valence-corrected chi connectivity index (χ3v) is 4.12. The molecule has 4 aromatic rings. The molecule has 0 aliphatic heterocycles. The van der Waals surface area contributed by atoms with Gasteiger partial charge in [0.05, 0.1) is 28.1 Å². The van der Waals surface area contributed by atoms with E-state index in [1.807, 2.05) is 25.1 Å². The Bertz CT molecular complexity index is 1100. The molecule has 1 N–H and O–H groups in total. The van der Waals surface area contributed by atoms with Crippen LogP contribution in [0.25, 0.3) is 17.2 Å². The van der Waals surface area contributed by atoms with Crippen molar-refractivity contribution in [1.29, 1.82) is 0 Å². The Morgan fingerprint density at radius 2 is 1.96 bits per heavy atom. The molecule has 0 radical (unpaired) electrons. The highest BCUT2D eigenvalue weighted by molar-refractivity contribution is 6.35. The number of aromatic nitrogens is 6. The van der Waals surface area contributed by atoms with Crippen LogP contribution in [0, 0.1) is 6.92 Å². The van der Waals surface area contributed by atoms with Gasteiger partial charge in [0.25, 0.3) is 0 Å². The Balaban J connectivity index is 1.62. The highest BCUT2D eigenvalue weighted by Gasteiger charge is 2.10. The molecule has 4 rings (SSSR count). The van der Waals surface area contributed by atoms with Crippen LogP contribution >= 0.6 is 23.2 Å². The summed E-state index contributed by atoms with van der Waals surface area (Å²) in [6.07, 6.45) is 8.39. The number of pyridine rings is 2. The normalized spacial score (nSPS) is 10.8. The van der Waals surface area contributed by atoms with Gasteiger partial charge in [-0.2, -0.15) is 5.10 Å². The summed E-state index contributed by atoms with van der Waals surface area (Å²) in [6, 6.07) is 7.23. The zero-order valence-electron chi connectivity index (χ0n) is 14.1. The van der Waals surface area contributed by atoms with E-state index in [0.29, 0.717) is 27.5 Å². The summed E-state index contributed by atoms with van der Waals surface area (Å²) in [5, 5.41) is 8.39. The van der Waals surface area contributed by atoms with Crippen LogP contribution < -0.4 is 5.32 Å². The largest absolute Gasteiger partial charge is 0.338 e. The second kappa shape index (κ2) is 7.30. The smallest absolute Gasteiger partial charge is 0.172 e. The molecule has 0 saturated carbocycles. The van der Waals surface area contributed by atoms with E-state index in [-0.39, 0.29) is 0 Å². The van der Waals surface area contributed by atoms with Gasteiger partial charge in [-0.25, -0.2) is 19.6 Å². The van der Waals surface area contributed by atoms with Gasteiger partial charge in [0.15, 0.2) is 11.6 Å². The van der Waals surface area contributed by atoms with Crippen molar-refractivity contribution in [2.75, 3.05) is 5.32 Å². The van der Waals surface area contributed by atoms with E-state index in [0.717, 1.165) is 16.9 Å². The molecule has 0 saturated heterocycles. The summed E-state index contributed by atoms with van der Waals surface area (Å²) in [6.45, 7) is 1.91. The molecule has 0 bridgehead atoms. The lowest BCUT2D eigenvalue weighted by Crippen LogP contribution is -2.00. The standard InChI is InChI=1S/C18H13Cl2N7/c1-11-5-16(26-17(24-11)12-3-2-4-21-7-12)25-14-9-23-27(10-14)18-15(20)6-13(19)8-22-18/h2-10H,1H3,(H,24,25,26). The number of hydrogen-bond acceptors (Lipinski definition) is 6. The van der Waals surface area contributed by atoms with Crippen molar-refractivity contribution in [2.24, 2.45) is 0 Å². The Morgan fingerprint density at radius 3 is 2.74 bits per heavy atom. The summed E-state index contributed by atoms with van der Waals surface area (Å²) >= 11 is 12.1. The van der Waals surface area contributed by atoms with Crippen molar-refractivity contribution in [3.8, 4) is 17.2 Å². The first-order valence-corrected chi connectivity index (χ1v) is 8.73. The number of aryl methyl sites for hydroxylation is 1. The number of nitrogens with zero attached hydrogens (tertiary/aromatic N) is 6. The predicted molar refractivity (Wildman–Crippen MR) is 105 cm³/mol. The van der Waals surface area contributed by atoms with Crippen LogP contribution in [0.1, 0.15) is 5.69 Å². The monoisotopic (exact) mass is 397 g/mol. The fourth-order valence-electron chi connectivity index (χ4n) is 2.48. The van der Waals surface area contributed by atoms with Crippen LogP contribution in [0.2, 0.25) is 10.0 Å². The number of halogens is 2. The van der Waals surface area contributed by atoms with E-state index in [1.54, 1.807) is 35.5 Å². The van der Waals surface area contributed by atoms with Crippen LogP contribution in [0.4, 0.5) is 11.5 Å². The highest BCUT2D eigenvalue weighted by atomic mass is 35.5. The quantitative estimate of drug-likeness (QED) is 0.546. The lowest BCUT2D eigenvalue weighted by molar-refractivity contribution is 0.847. The van der Waals surface area contributed by atoms with Crippen molar-refractivity contribution >= 4 is 34.7 Å². The number of anilines is 2. The Morgan fingerprint density at radius 1 is 1.07 bits per heavy atom. The molecule has 0 spiro atoms. The van der Waals surface area contributed by atoms with Gasteiger partial charge >= 0.3 is 0 Å². The molecule has 0 aromatic carbocycles. The zero-order chi connectivity index (χ0) is 18.8. The lowest BCUT2D eigenvalue weighted by atomic mass is 10.2. The molecule has 4 aromatic heterocycles. The Kier molecular flexibility index (Phi) is 4.70. The van der Waals surface area contributed by atoms with E-state index in [9.17, 15) is 0 Å². The first-order valence-electron chi connectivity index (χ1n) is 7.98.